The zero-order chi connectivity index (χ0) is 16.9. The van der Waals surface area contributed by atoms with E-state index in [0.29, 0.717) is 29.6 Å². The van der Waals surface area contributed by atoms with E-state index in [4.69, 9.17) is 12.2 Å². The van der Waals surface area contributed by atoms with E-state index < -0.39 is 10.0 Å². The molecule has 0 bridgehead atoms. The summed E-state index contributed by atoms with van der Waals surface area (Å²) in [6, 6.07) is 6.69. The van der Waals surface area contributed by atoms with E-state index in [0.717, 1.165) is 30.5 Å². The maximum atomic E-state index is 12.6. The number of nitrogens with zero attached hydrogens (tertiary/aromatic N) is 1. The maximum Gasteiger partial charge on any atom is 0.243 e. The van der Waals surface area contributed by atoms with Crippen molar-refractivity contribution >= 4 is 33.0 Å². The summed E-state index contributed by atoms with van der Waals surface area (Å²) in [5.41, 5.74) is 1.74. The molecular weight excluding hydrogens is 330 g/mol. The van der Waals surface area contributed by atoms with Crippen LogP contribution in [-0.4, -0.2) is 37.5 Å². The van der Waals surface area contributed by atoms with Gasteiger partial charge in [0, 0.05) is 25.3 Å². The number of piperidine rings is 1. The molecule has 0 radical (unpaired) electrons. The van der Waals surface area contributed by atoms with E-state index >= 15 is 0 Å². The van der Waals surface area contributed by atoms with Gasteiger partial charge < -0.3 is 10.6 Å². The maximum absolute atomic E-state index is 12.6. The Morgan fingerprint density at radius 2 is 1.83 bits per heavy atom. The molecular formula is C16H23N3O2S2. The molecule has 1 fully saturated rings. The van der Waals surface area contributed by atoms with E-state index in [1.807, 2.05) is 6.92 Å². The zero-order valence-corrected chi connectivity index (χ0v) is 15.0. The summed E-state index contributed by atoms with van der Waals surface area (Å²) in [6.45, 7) is 7.53. The molecule has 0 aliphatic carbocycles. The molecule has 0 aromatic heterocycles. The Labute approximate surface area is 143 Å². The van der Waals surface area contributed by atoms with Crippen LogP contribution in [0.5, 0.6) is 0 Å². The van der Waals surface area contributed by atoms with Crippen LogP contribution in [0.4, 0.5) is 5.69 Å². The number of thiocarbonyl (C=S) groups is 1. The standard InChI is InChI=1S/C16H23N3O2S2/c1-13(2)12-17-16(22)18-14-6-8-15(9-7-14)23(20,21)19-10-4-3-5-11-19/h6-9H,1,3-5,10-12H2,2H3,(H2,17,18,22). The van der Waals surface area contributed by atoms with Crippen molar-refractivity contribution in [1.29, 1.82) is 0 Å². The molecule has 1 aromatic carbocycles. The number of benzene rings is 1. The second kappa shape index (κ2) is 7.90. The lowest BCUT2D eigenvalue weighted by Gasteiger charge is -2.25. The SMILES string of the molecule is C=C(C)CNC(=S)Nc1ccc(S(=O)(=O)N2CCCCC2)cc1. The number of rotatable bonds is 5. The molecule has 0 atom stereocenters. The Morgan fingerprint density at radius 3 is 2.39 bits per heavy atom. The van der Waals surface area contributed by atoms with Gasteiger partial charge in [-0.1, -0.05) is 18.6 Å². The summed E-state index contributed by atoms with van der Waals surface area (Å²) in [5, 5.41) is 6.53. The first-order chi connectivity index (χ1) is 10.9. The van der Waals surface area contributed by atoms with Crippen molar-refractivity contribution in [3.8, 4) is 0 Å². The summed E-state index contributed by atoms with van der Waals surface area (Å²) >= 11 is 5.17. The van der Waals surface area contributed by atoms with Gasteiger partial charge in [-0.3, -0.25) is 0 Å². The number of nitrogens with one attached hydrogen (secondary N) is 2. The lowest BCUT2D eigenvalue weighted by Crippen LogP contribution is -2.35. The topological polar surface area (TPSA) is 61.4 Å². The molecule has 1 aliphatic rings. The predicted octanol–water partition coefficient (Wildman–Crippen LogP) is 2.72. The van der Waals surface area contributed by atoms with Crippen molar-refractivity contribution in [2.45, 2.75) is 31.1 Å². The molecule has 0 amide bonds. The molecule has 1 heterocycles. The molecule has 126 valence electrons. The Morgan fingerprint density at radius 1 is 1.22 bits per heavy atom. The van der Waals surface area contributed by atoms with Crippen LogP contribution < -0.4 is 10.6 Å². The van der Waals surface area contributed by atoms with E-state index in [9.17, 15) is 8.42 Å². The van der Waals surface area contributed by atoms with Crippen molar-refractivity contribution in [3.05, 3.63) is 36.4 Å². The third kappa shape index (κ3) is 5.02. The number of hydrogen-bond acceptors (Lipinski definition) is 3. The van der Waals surface area contributed by atoms with Crippen LogP contribution in [0.1, 0.15) is 26.2 Å². The van der Waals surface area contributed by atoms with Gasteiger partial charge in [-0.25, -0.2) is 8.42 Å². The van der Waals surface area contributed by atoms with Gasteiger partial charge in [0.25, 0.3) is 0 Å². The second-order valence-electron chi connectivity index (χ2n) is 5.75. The molecule has 2 N–H and O–H groups in total. The molecule has 1 aromatic rings. The third-order valence-corrected chi connectivity index (χ3v) is 5.77. The highest BCUT2D eigenvalue weighted by molar-refractivity contribution is 7.89. The van der Waals surface area contributed by atoms with Gasteiger partial charge in [0.15, 0.2) is 5.11 Å². The minimum Gasteiger partial charge on any atom is -0.359 e. The lowest BCUT2D eigenvalue weighted by atomic mass is 10.2. The molecule has 1 aliphatic heterocycles. The average Bonchev–Trinajstić information content (AvgIpc) is 2.54. The van der Waals surface area contributed by atoms with Crippen LogP contribution in [0.3, 0.4) is 0 Å². The molecule has 0 spiro atoms. The van der Waals surface area contributed by atoms with Crippen LogP contribution in [0.15, 0.2) is 41.3 Å². The van der Waals surface area contributed by atoms with Gasteiger partial charge in [-0.15, -0.1) is 0 Å². The molecule has 23 heavy (non-hydrogen) atoms. The van der Waals surface area contributed by atoms with Crippen molar-refractivity contribution in [2.24, 2.45) is 0 Å². The Kier molecular flexibility index (Phi) is 6.15. The second-order valence-corrected chi connectivity index (χ2v) is 8.10. The largest absolute Gasteiger partial charge is 0.359 e. The summed E-state index contributed by atoms with van der Waals surface area (Å²) in [4.78, 5) is 0.325. The van der Waals surface area contributed by atoms with Gasteiger partial charge in [0.2, 0.25) is 10.0 Å². The Hall–Kier alpha value is -1.44. The minimum absolute atomic E-state index is 0.325. The molecule has 5 nitrogen and oxygen atoms in total. The Bertz CT molecular complexity index is 663. The molecule has 0 unspecified atom stereocenters. The van der Waals surface area contributed by atoms with Crippen molar-refractivity contribution in [1.82, 2.24) is 9.62 Å². The van der Waals surface area contributed by atoms with Crippen LogP contribution in [-0.2, 0) is 10.0 Å². The first-order valence-corrected chi connectivity index (χ1v) is 9.54. The fourth-order valence-corrected chi connectivity index (χ4v) is 4.08. The normalized spacial score (nSPS) is 15.9. The predicted molar refractivity (Wildman–Crippen MR) is 98.1 cm³/mol. The molecule has 1 saturated heterocycles. The highest BCUT2D eigenvalue weighted by Crippen LogP contribution is 2.21. The summed E-state index contributed by atoms with van der Waals surface area (Å²) < 4.78 is 26.7. The fraction of sp³-hybridized carbons (Fsp3) is 0.438. The van der Waals surface area contributed by atoms with E-state index in [2.05, 4.69) is 17.2 Å². The van der Waals surface area contributed by atoms with Crippen molar-refractivity contribution in [2.75, 3.05) is 25.0 Å². The quantitative estimate of drug-likeness (QED) is 0.630. The van der Waals surface area contributed by atoms with Gasteiger partial charge in [0.1, 0.15) is 0 Å². The Balaban J connectivity index is 2.01. The van der Waals surface area contributed by atoms with Crippen LogP contribution in [0.2, 0.25) is 0 Å². The number of anilines is 1. The fourth-order valence-electron chi connectivity index (χ4n) is 2.37. The van der Waals surface area contributed by atoms with Crippen LogP contribution >= 0.6 is 12.2 Å². The first kappa shape index (κ1) is 17.9. The van der Waals surface area contributed by atoms with Crippen molar-refractivity contribution < 1.29 is 8.42 Å². The smallest absolute Gasteiger partial charge is 0.243 e. The first-order valence-electron chi connectivity index (χ1n) is 7.69. The lowest BCUT2D eigenvalue weighted by molar-refractivity contribution is 0.346. The van der Waals surface area contributed by atoms with E-state index in [-0.39, 0.29) is 0 Å². The molecule has 2 rings (SSSR count). The van der Waals surface area contributed by atoms with Gasteiger partial charge in [-0.05, 0) is 56.2 Å². The summed E-state index contributed by atoms with van der Waals surface area (Å²) in [7, 11) is -3.38. The van der Waals surface area contributed by atoms with Crippen LogP contribution in [0.25, 0.3) is 0 Å². The van der Waals surface area contributed by atoms with Gasteiger partial charge >= 0.3 is 0 Å². The van der Waals surface area contributed by atoms with Crippen LogP contribution in [0, 0.1) is 0 Å². The van der Waals surface area contributed by atoms with Crippen molar-refractivity contribution in [3.63, 3.8) is 0 Å². The molecule has 7 heteroatoms. The number of hydrogen-bond donors (Lipinski definition) is 2. The number of sulfonamides is 1. The van der Waals surface area contributed by atoms with E-state index in [1.165, 1.54) is 0 Å². The van der Waals surface area contributed by atoms with E-state index in [1.54, 1.807) is 28.6 Å². The third-order valence-electron chi connectivity index (χ3n) is 3.62. The summed E-state index contributed by atoms with van der Waals surface area (Å²) in [6.07, 6.45) is 2.96. The average molecular weight is 354 g/mol. The monoisotopic (exact) mass is 353 g/mol. The zero-order valence-electron chi connectivity index (χ0n) is 13.3. The molecule has 0 saturated carbocycles. The summed E-state index contributed by atoms with van der Waals surface area (Å²) in [5.74, 6) is 0. The van der Waals surface area contributed by atoms with Gasteiger partial charge in [0.05, 0.1) is 4.90 Å². The highest BCUT2D eigenvalue weighted by atomic mass is 32.2. The van der Waals surface area contributed by atoms with Gasteiger partial charge in [-0.2, -0.15) is 4.31 Å². The minimum atomic E-state index is -3.38. The highest BCUT2D eigenvalue weighted by Gasteiger charge is 2.25.